The van der Waals surface area contributed by atoms with Gasteiger partial charge in [0.1, 0.15) is 0 Å². The average Bonchev–Trinajstić information content (AvgIpc) is 2.38. The molecule has 0 amide bonds. The highest BCUT2D eigenvalue weighted by Crippen LogP contribution is 2.25. The zero-order valence-electron chi connectivity index (χ0n) is 9.49. The molecule has 0 aliphatic heterocycles. The van der Waals surface area contributed by atoms with Gasteiger partial charge in [-0.25, -0.2) is 0 Å². The van der Waals surface area contributed by atoms with Crippen molar-refractivity contribution in [3.63, 3.8) is 0 Å². The van der Waals surface area contributed by atoms with Crippen LogP contribution in [0.15, 0.2) is 48.5 Å². The molecule has 92 valence electrons. The number of ketones is 1. The number of carbonyl (C=O) groups excluding carboxylic acids is 1. The monoisotopic (exact) mass is 279 g/mol. The van der Waals surface area contributed by atoms with Gasteiger partial charge in [0.05, 0.1) is 17.3 Å². The molecule has 1 N–H and O–H groups in total. The van der Waals surface area contributed by atoms with Crippen molar-refractivity contribution in [1.29, 1.82) is 0 Å². The molecule has 0 saturated carbocycles. The van der Waals surface area contributed by atoms with Crippen molar-refractivity contribution in [2.24, 2.45) is 0 Å². The second-order valence-corrected chi connectivity index (χ2v) is 4.61. The molecular weight excluding hydrogens is 269 g/mol. The fourth-order valence-corrected chi connectivity index (χ4v) is 2.01. The Kier molecular flexibility index (Phi) is 4.24. The Morgan fingerprint density at radius 2 is 1.78 bits per heavy atom. The highest BCUT2D eigenvalue weighted by Gasteiger charge is 2.06. The third-order valence-corrected chi connectivity index (χ3v) is 3.01. The molecule has 0 radical (unpaired) electrons. The Labute approximate surface area is 116 Å². The second kappa shape index (κ2) is 5.89. The molecular formula is C14H11Cl2NO. The molecule has 2 aromatic rings. The Morgan fingerprint density at radius 3 is 2.44 bits per heavy atom. The van der Waals surface area contributed by atoms with E-state index in [1.165, 1.54) is 0 Å². The van der Waals surface area contributed by atoms with E-state index >= 15 is 0 Å². The molecule has 2 aromatic carbocycles. The van der Waals surface area contributed by atoms with Crippen molar-refractivity contribution >= 4 is 34.7 Å². The molecule has 2 nitrogen and oxygen atoms in total. The highest BCUT2D eigenvalue weighted by atomic mass is 35.5. The lowest BCUT2D eigenvalue weighted by molar-refractivity contribution is 0.101. The fourth-order valence-electron chi connectivity index (χ4n) is 1.53. The van der Waals surface area contributed by atoms with Crippen LogP contribution >= 0.6 is 23.2 Å². The summed E-state index contributed by atoms with van der Waals surface area (Å²) >= 11 is 11.8. The van der Waals surface area contributed by atoms with Crippen LogP contribution in [0.5, 0.6) is 0 Å². The molecule has 2 rings (SSSR count). The number of hydrogen-bond acceptors (Lipinski definition) is 2. The topological polar surface area (TPSA) is 29.1 Å². The van der Waals surface area contributed by atoms with Crippen molar-refractivity contribution in [3.05, 3.63) is 64.1 Å². The van der Waals surface area contributed by atoms with E-state index in [-0.39, 0.29) is 12.3 Å². The lowest BCUT2D eigenvalue weighted by Gasteiger charge is -2.08. The largest absolute Gasteiger partial charge is 0.376 e. The van der Waals surface area contributed by atoms with E-state index in [9.17, 15) is 4.79 Å². The van der Waals surface area contributed by atoms with E-state index < -0.39 is 0 Å². The maximum Gasteiger partial charge on any atom is 0.181 e. The number of Topliss-reactive ketones (excluding diaryl/α,β-unsaturated/α-hetero) is 1. The van der Waals surface area contributed by atoms with Gasteiger partial charge in [0.15, 0.2) is 5.78 Å². The SMILES string of the molecule is O=C(CNc1ccc(Cl)cc1Cl)c1ccccc1. The quantitative estimate of drug-likeness (QED) is 0.846. The summed E-state index contributed by atoms with van der Waals surface area (Å²) in [7, 11) is 0. The van der Waals surface area contributed by atoms with E-state index in [1.54, 1.807) is 30.3 Å². The predicted octanol–water partition coefficient (Wildman–Crippen LogP) is 4.29. The van der Waals surface area contributed by atoms with Crippen molar-refractivity contribution < 1.29 is 4.79 Å². The minimum atomic E-state index is 0.0154. The summed E-state index contributed by atoms with van der Waals surface area (Å²) in [4.78, 5) is 11.9. The van der Waals surface area contributed by atoms with Crippen LogP contribution in [0.3, 0.4) is 0 Å². The number of hydrogen-bond donors (Lipinski definition) is 1. The van der Waals surface area contributed by atoms with Gasteiger partial charge in [-0.2, -0.15) is 0 Å². The third-order valence-electron chi connectivity index (χ3n) is 2.47. The summed E-state index contributed by atoms with van der Waals surface area (Å²) in [5.74, 6) is 0.0154. The molecule has 0 heterocycles. The predicted molar refractivity (Wildman–Crippen MR) is 75.7 cm³/mol. The minimum absolute atomic E-state index is 0.0154. The first-order chi connectivity index (χ1) is 8.66. The van der Waals surface area contributed by atoms with Crippen molar-refractivity contribution in [3.8, 4) is 0 Å². The summed E-state index contributed by atoms with van der Waals surface area (Å²) < 4.78 is 0. The maximum atomic E-state index is 11.9. The number of carbonyl (C=O) groups is 1. The van der Waals surface area contributed by atoms with Gasteiger partial charge in [0, 0.05) is 10.6 Å². The normalized spacial score (nSPS) is 10.1. The highest BCUT2D eigenvalue weighted by molar-refractivity contribution is 6.36. The standard InChI is InChI=1S/C14H11Cl2NO/c15-11-6-7-13(12(16)8-11)17-9-14(18)10-4-2-1-3-5-10/h1-8,17H,9H2. The van der Waals surface area contributed by atoms with Crippen LogP contribution in [0.1, 0.15) is 10.4 Å². The second-order valence-electron chi connectivity index (χ2n) is 3.77. The van der Waals surface area contributed by atoms with Crippen LogP contribution in [0.2, 0.25) is 10.0 Å². The molecule has 0 unspecified atom stereocenters. The zero-order chi connectivity index (χ0) is 13.0. The number of rotatable bonds is 4. The van der Waals surface area contributed by atoms with Gasteiger partial charge in [-0.3, -0.25) is 4.79 Å². The van der Waals surface area contributed by atoms with E-state index in [0.29, 0.717) is 21.3 Å². The lowest BCUT2D eigenvalue weighted by Crippen LogP contribution is -2.14. The van der Waals surface area contributed by atoms with Gasteiger partial charge in [-0.05, 0) is 18.2 Å². The zero-order valence-corrected chi connectivity index (χ0v) is 11.0. The molecule has 18 heavy (non-hydrogen) atoms. The fraction of sp³-hybridized carbons (Fsp3) is 0.0714. The summed E-state index contributed by atoms with van der Waals surface area (Å²) in [6.07, 6.45) is 0. The van der Waals surface area contributed by atoms with E-state index in [4.69, 9.17) is 23.2 Å². The first-order valence-corrected chi connectivity index (χ1v) is 6.19. The molecule has 0 saturated heterocycles. The molecule has 0 fully saturated rings. The molecule has 0 aliphatic carbocycles. The van der Waals surface area contributed by atoms with Crippen LogP contribution in [-0.2, 0) is 0 Å². The summed E-state index contributed by atoms with van der Waals surface area (Å²) in [5, 5.41) is 4.07. The number of halogens is 2. The third kappa shape index (κ3) is 3.25. The molecule has 0 spiro atoms. The first kappa shape index (κ1) is 12.9. The van der Waals surface area contributed by atoms with Crippen LogP contribution in [0.25, 0.3) is 0 Å². The summed E-state index contributed by atoms with van der Waals surface area (Å²) in [6, 6.07) is 14.2. The van der Waals surface area contributed by atoms with Crippen LogP contribution in [-0.4, -0.2) is 12.3 Å². The summed E-state index contributed by atoms with van der Waals surface area (Å²) in [6.45, 7) is 0.200. The van der Waals surface area contributed by atoms with Gasteiger partial charge >= 0.3 is 0 Å². The van der Waals surface area contributed by atoms with Gasteiger partial charge in [0.25, 0.3) is 0 Å². The number of nitrogens with one attached hydrogen (secondary N) is 1. The molecule has 0 atom stereocenters. The van der Waals surface area contributed by atoms with Crippen molar-refractivity contribution in [2.45, 2.75) is 0 Å². The molecule has 0 bridgehead atoms. The van der Waals surface area contributed by atoms with E-state index in [1.807, 2.05) is 18.2 Å². The van der Waals surface area contributed by atoms with Crippen molar-refractivity contribution in [1.82, 2.24) is 0 Å². The molecule has 0 aliphatic rings. The van der Waals surface area contributed by atoms with Crippen LogP contribution < -0.4 is 5.32 Å². The number of anilines is 1. The molecule has 4 heteroatoms. The van der Waals surface area contributed by atoms with Gasteiger partial charge in [-0.15, -0.1) is 0 Å². The van der Waals surface area contributed by atoms with Gasteiger partial charge in [0.2, 0.25) is 0 Å². The lowest BCUT2D eigenvalue weighted by atomic mass is 10.1. The van der Waals surface area contributed by atoms with Crippen LogP contribution in [0.4, 0.5) is 5.69 Å². The summed E-state index contributed by atoms with van der Waals surface area (Å²) in [5.41, 5.74) is 1.38. The van der Waals surface area contributed by atoms with Gasteiger partial charge in [-0.1, -0.05) is 53.5 Å². The van der Waals surface area contributed by atoms with Gasteiger partial charge < -0.3 is 5.32 Å². The average molecular weight is 280 g/mol. The van der Waals surface area contributed by atoms with Crippen molar-refractivity contribution in [2.75, 3.05) is 11.9 Å². The Hall–Kier alpha value is -1.51. The Morgan fingerprint density at radius 1 is 1.06 bits per heavy atom. The Balaban J connectivity index is 2.02. The maximum absolute atomic E-state index is 11.9. The van der Waals surface area contributed by atoms with Crippen LogP contribution in [0, 0.1) is 0 Å². The first-order valence-electron chi connectivity index (χ1n) is 5.44. The smallest absolute Gasteiger partial charge is 0.181 e. The Bertz CT molecular complexity index is 555. The van der Waals surface area contributed by atoms with E-state index in [0.717, 1.165) is 0 Å². The van der Waals surface area contributed by atoms with E-state index in [2.05, 4.69) is 5.32 Å². The molecule has 0 aromatic heterocycles. The number of benzene rings is 2. The minimum Gasteiger partial charge on any atom is -0.376 e.